The van der Waals surface area contributed by atoms with E-state index >= 15 is 0 Å². The zero-order chi connectivity index (χ0) is 25.4. The Labute approximate surface area is 209 Å². The first kappa shape index (κ1) is 23.7. The molecule has 3 heterocycles. The Morgan fingerprint density at radius 3 is 2.50 bits per heavy atom. The molecule has 0 radical (unpaired) electrons. The molecule has 2 aromatic carbocycles. The molecule has 1 unspecified atom stereocenters. The van der Waals surface area contributed by atoms with Crippen LogP contribution in [0.2, 0.25) is 0 Å². The summed E-state index contributed by atoms with van der Waals surface area (Å²) in [4.78, 5) is 49.3. The Hall–Kier alpha value is -4.04. The lowest BCUT2D eigenvalue weighted by Crippen LogP contribution is -2.35. The van der Waals surface area contributed by atoms with Gasteiger partial charge in [-0.05, 0) is 50.3 Å². The third kappa shape index (κ3) is 4.47. The van der Waals surface area contributed by atoms with Crippen molar-refractivity contribution >= 4 is 23.2 Å². The molecule has 8 heteroatoms. The van der Waals surface area contributed by atoms with Crippen molar-refractivity contribution in [2.24, 2.45) is 4.99 Å². The average Bonchev–Trinajstić information content (AvgIpc) is 3.35. The maximum atomic E-state index is 12.9. The summed E-state index contributed by atoms with van der Waals surface area (Å²) in [6, 6.07) is 15.2. The number of ether oxygens (including phenoxy) is 1. The first-order chi connectivity index (χ1) is 17.3. The molecule has 2 aliphatic rings. The van der Waals surface area contributed by atoms with Crippen molar-refractivity contribution < 1.29 is 14.3 Å². The lowest BCUT2D eigenvalue weighted by molar-refractivity contribution is 0.0645. The van der Waals surface area contributed by atoms with Crippen molar-refractivity contribution in [3.05, 3.63) is 92.9 Å². The molecular formula is C28H28N4O4. The van der Waals surface area contributed by atoms with Gasteiger partial charge in [-0.15, -0.1) is 0 Å². The topological polar surface area (TPSA) is 95.1 Å². The quantitative estimate of drug-likeness (QED) is 0.496. The SMILES string of the molecule is CC(Cc1ccccc1)Oc1cc[nH]c(=O)c1C1=Nc2cc3c(cc2C1)C(=O)N(CCN(C)C)C3=O. The van der Waals surface area contributed by atoms with Gasteiger partial charge in [-0.2, -0.15) is 0 Å². The van der Waals surface area contributed by atoms with Crippen LogP contribution in [0.15, 0.2) is 64.5 Å². The number of H-pyrrole nitrogens is 1. The highest BCUT2D eigenvalue weighted by atomic mass is 16.5. The Kier molecular flexibility index (Phi) is 6.28. The number of benzene rings is 2. The zero-order valence-corrected chi connectivity index (χ0v) is 20.6. The fraction of sp³-hybridized carbons (Fsp3) is 0.286. The number of carbonyl (C=O) groups is 2. The van der Waals surface area contributed by atoms with Crippen LogP contribution in [-0.2, 0) is 12.8 Å². The summed E-state index contributed by atoms with van der Waals surface area (Å²) in [5.74, 6) is -0.132. The number of aliphatic imine (C=N–C) groups is 1. The van der Waals surface area contributed by atoms with Gasteiger partial charge in [0, 0.05) is 32.1 Å². The number of fused-ring (bicyclic) bond motifs is 2. The number of nitrogens with zero attached hydrogens (tertiary/aromatic N) is 3. The molecule has 0 fully saturated rings. The van der Waals surface area contributed by atoms with Crippen LogP contribution in [0.4, 0.5) is 5.69 Å². The van der Waals surface area contributed by atoms with Crippen molar-refractivity contribution in [2.75, 3.05) is 27.2 Å². The van der Waals surface area contributed by atoms with Crippen LogP contribution in [0.3, 0.4) is 0 Å². The van der Waals surface area contributed by atoms with E-state index in [9.17, 15) is 14.4 Å². The summed E-state index contributed by atoms with van der Waals surface area (Å²) in [6.45, 7) is 2.89. The van der Waals surface area contributed by atoms with Crippen molar-refractivity contribution in [3.63, 3.8) is 0 Å². The lowest BCUT2D eigenvalue weighted by Gasteiger charge is -2.17. The van der Waals surface area contributed by atoms with E-state index in [1.54, 1.807) is 24.4 Å². The molecular weight excluding hydrogens is 456 g/mol. The first-order valence-electron chi connectivity index (χ1n) is 12.0. The highest BCUT2D eigenvalue weighted by molar-refractivity contribution is 6.22. The Bertz CT molecular complexity index is 1430. The van der Waals surface area contributed by atoms with Gasteiger partial charge in [0.15, 0.2) is 0 Å². The minimum absolute atomic E-state index is 0.162. The van der Waals surface area contributed by atoms with Crippen LogP contribution in [-0.4, -0.2) is 65.6 Å². The van der Waals surface area contributed by atoms with Gasteiger partial charge in [-0.25, -0.2) is 0 Å². The highest BCUT2D eigenvalue weighted by Gasteiger charge is 2.37. The van der Waals surface area contributed by atoms with E-state index in [1.165, 1.54) is 4.90 Å². The van der Waals surface area contributed by atoms with Gasteiger partial charge < -0.3 is 14.6 Å². The van der Waals surface area contributed by atoms with Crippen LogP contribution < -0.4 is 10.3 Å². The largest absolute Gasteiger partial charge is 0.489 e. The van der Waals surface area contributed by atoms with Crippen molar-refractivity contribution in [2.45, 2.75) is 25.9 Å². The molecule has 1 atom stereocenters. The molecule has 3 aromatic rings. The summed E-state index contributed by atoms with van der Waals surface area (Å²) >= 11 is 0. The van der Waals surface area contributed by atoms with Gasteiger partial charge in [0.1, 0.15) is 11.3 Å². The maximum absolute atomic E-state index is 12.9. The normalized spacial score (nSPS) is 15.2. The Morgan fingerprint density at radius 2 is 1.78 bits per heavy atom. The fourth-order valence-corrected chi connectivity index (χ4v) is 4.66. The molecule has 184 valence electrons. The Morgan fingerprint density at radius 1 is 1.06 bits per heavy atom. The molecule has 5 rings (SSSR count). The Balaban J connectivity index is 1.41. The van der Waals surface area contributed by atoms with E-state index in [2.05, 4.69) is 4.98 Å². The van der Waals surface area contributed by atoms with Gasteiger partial charge >= 0.3 is 0 Å². The second-order valence-electron chi connectivity index (χ2n) is 9.49. The number of hydrogen-bond acceptors (Lipinski definition) is 6. The van der Waals surface area contributed by atoms with Crippen LogP contribution in [0.25, 0.3) is 0 Å². The van der Waals surface area contributed by atoms with Gasteiger partial charge in [0.2, 0.25) is 0 Å². The van der Waals surface area contributed by atoms with Crippen LogP contribution in [0.1, 0.15) is 44.3 Å². The van der Waals surface area contributed by atoms with E-state index < -0.39 is 0 Å². The summed E-state index contributed by atoms with van der Waals surface area (Å²) in [7, 11) is 3.79. The number of amides is 2. The smallest absolute Gasteiger partial charge is 0.261 e. The molecule has 0 saturated carbocycles. The predicted molar refractivity (Wildman–Crippen MR) is 138 cm³/mol. The van der Waals surface area contributed by atoms with Crippen molar-refractivity contribution in [1.29, 1.82) is 0 Å². The number of aromatic amines is 1. The lowest BCUT2D eigenvalue weighted by atomic mass is 10.0. The molecule has 1 aromatic heterocycles. The number of likely N-dealkylation sites (N-methyl/N-ethyl adjacent to an activating group) is 1. The minimum Gasteiger partial charge on any atom is -0.489 e. The molecule has 2 aliphatic heterocycles. The van der Waals surface area contributed by atoms with E-state index in [1.807, 2.05) is 56.3 Å². The monoisotopic (exact) mass is 484 g/mol. The summed E-state index contributed by atoms with van der Waals surface area (Å²) in [5.41, 5.74) is 3.95. The molecule has 1 N–H and O–H groups in total. The predicted octanol–water partition coefficient (Wildman–Crippen LogP) is 3.22. The second-order valence-corrected chi connectivity index (χ2v) is 9.49. The summed E-state index contributed by atoms with van der Waals surface area (Å²) in [5, 5.41) is 0. The van der Waals surface area contributed by atoms with Gasteiger partial charge in [0.25, 0.3) is 17.4 Å². The highest BCUT2D eigenvalue weighted by Crippen LogP contribution is 2.36. The molecule has 2 amide bonds. The second kappa shape index (κ2) is 9.54. The molecule has 0 bridgehead atoms. The van der Waals surface area contributed by atoms with Gasteiger partial charge in [0.05, 0.1) is 28.6 Å². The number of nitrogens with one attached hydrogen (secondary N) is 1. The molecule has 0 aliphatic carbocycles. The number of carbonyl (C=O) groups excluding carboxylic acids is 2. The van der Waals surface area contributed by atoms with Crippen LogP contribution in [0.5, 0.6) is 5.75 Å². The van der Waals surface area contributed by atoms with Crippen LogP contribution in [0, 0.1) is 0 Å². The number of pyridine rings is 1. The van der Waals surface area contributed by atoms with E-state index in [-0.39, 0.29) is 23.5 Å². The van der Waals surface area contributed by atoms with E-state index in [0.29, 0.717) is 59.8 Å². The van der Waals surface area contributed by atoms with Gasteiger partial charge in [-0.3, -0.25) is 24.3 Å². The summed E-state index contributed by atoms with van der Waals surface area (Å²) < 4.78 is 6.20. The van der Waals surface area contributed by atoms with Crippen LogP contribution >= 0.6 is 0 Å². The standard InChI is InChI=1S/C28H28N4O4/c1-17(13-18-7-5-4-6-8-18)36-24-9-10-29-26(33)25(24)23-15-19-14-20-21(16-22(19)30-23)28(35)32(27(20)34)12-11-31(2)3/h4-10,14,16-17H,11-13,15H2,1-3H3,(H,29,33). The third-order valence-electron chi connectivity index (χ3n) is 6.46. The third-order valence-corrected chi connectivity index (χ3v) is 6.46. The van der Waals surface area contributed by atoms with E-state index in [0.717, 1.165) is 11.1 Å². The summed E-state index contributed by atoms with van der Waals surface area (Å²) in [6.07, 6.45) is 2.47. The van der Waals surface area contributed by atoms with Crippen molar-refractivity contribution in [3.8, 4) is 5.75 Å². The fourth-order valence-electron chi connectivity index (χ4n) is 4.66. The van der Waals surface area contributed by atoms with E-state index in [4.69, 9.17) is 9.73 Å². The number of aromatic nitrogens is 1. The maximum Gasteiger partial charge on any atom is 0.261 e. The number of hydrogen-bond donors (Lipinski definition) is 1. The first-order valence-corrected chi connectivity index (χ1v) is 12.0. The average molecular weight is 485 g/mol. The molecule has 0 saturated heterocycles. The number of rotatable bonds is 8. The molecule has 8 nitrogen and oxygen atoms in total. The van der Waals surface area contributed by atoms with Gasteiger partial charge in [-0.1, -0.05) is 30.3 Å². The zero-order valence-electron chi connectivity index (χ0n) is 20.6. The molecule has 36 heavy (non-hydrogen) atoms. The molecule has 0 spiro atoms. The minimum atomic E-state index is -0.306. The van der Waals surface area contributed by atoms with Crippen molar-refractivity contribution in [1.82, 2.24) is 14.8 Å². The number of imide groups is 1.